The molecular formula is C16H10F2. The molecule has 0 nitrogen and oxygen atoms in total. The van der Waals surface area contributed by atoms with Crippen molar-refractivity contribution in [3.8, 4) is 11.1 Å². The van der Waals surface area contributed by atoms with Crippen LogP contribution in [-0.2, 0) is 0 Å². The van der Waals surface area contributed by atoms with Gasteiger partial charge in [-0.3, -0.25) is 0 Å². The second-order valence-electron chi connectivity index (χ2n) is 4.19. The molecule has 0 aromatic heterocycles. The minimum absolute atomic E-state index is 0.257. The van der Waals surface area contributed by atoms with Crippen molar-refractivity contribution in [1.82, 2.24) is 0 Å². The molecule has 0 heterocycles. The van der Waals surface area contributed by atoms with Crippen LogP contribution in [0.5, 0.6) is 0 Å². The Balaban J connectivity index is 2.21. The van der Waals surface area contributed by atoms with Gasteiger partial charge in [0, 0.05) is 5.39 Å². The lowest BCUT2D eigenvalue weighted by Crippen LogP contribution is -1.84. The molecule has 0 radical (unpaired) electrons. The normalized spacial score (nSPS) is 10.8. The van der Waals surface area contributed by atoms with Gasteiger partial charge in [0.25, 0.3) is 0 Å². The smallest absolute Gasteiger partial charge is 0.131 e. The van der Waals surface area contributed by atoms with E-state index in [1.165, 1.54) is 18.2 Å². The van der Waals surface area contributed by atoms with Crippen LogP contribution in [0.3, 0.4) is 0 Å². The molecule has 0 saturated heterocycles. The van der Waals surface area contributed by atoms with E-state index < -0.39 is 0 Å². The first-order chi connectivity index (χ1) is 8.74. The maximum absolute atomic E-state index is 13.9. The van der Waals surface area contributed by atoms with Crippen LogP contribution >= 0.6 is 0 Å². The minimum Gasteiger partial charge on any atom is -0.207 e. The van der Waals surface area contributed by atoms with Crippen molar-refractivity contribution in [2.24, 2.45) is 0 Å². The summed E-state index contributed by atoms with van der Waals surface area (Å²) in [5.74, 6) is -0.549. The van der Waals surface area contributed by atoms with Gasteiger partial charge in [-0.2, -0.15) is 0 Å². The Bertz CT molecular complexity index is 700. The fourth-order valence-corrected chi connectivity index (χ4v) is 2.07. The highest BCUT2D eigenvalue weighted by Crippen LogP contribution is 2.27. The topological polar surface area (TPSA) is 0 Å². The van der Waals surface area contributed by atoms with Gasteiger partial charge in [0.2, 0.25) is 0 Å². The van der Waals surface area contributed by atoms with Crippen molar-refractivity contribution >= 4 is 10.8 Å². The Hall–Kier alpha value is -2.22. The molecule has 0 amide bonds. The van der Waals surface area contributed by atoms with Gasteiger partial charge in [0.15, 0.2) is 0 Å². The molecule has 88 valence electrons. The Kier molecular flexibility index (Phi) is 2.56. The number of halogens is 2. The Labute approximate surface area is 104 Å². The van der Waals surface area contributed by atoms with Crippen molar-refractivity contribution < 1.29 is 8.78 Å². The molecule has 0 bridgehead atoms. The summed E-state index contributed by atoms with van der Waals surface area (Å²) in [4.78, 5) is 0. The number of benzene rings is 3. The number of hydrogen-bond acceptors (Lipinski definition) is 0. The van der Waals surface area contributed by atoms with Gasteiger partial charge in [-0.1, -0.05) is 36.4 Å². The maximum atomic E-state index is 13.9. The highest BCUT2D eigenvalue weighted by atomic mass is 19.1. The number of fused-ring (bicyclic) bond motifs is 1. The van der Waals surface area contributed by atoms with E-state index in [4.69, 9.17) is 0 Å². The van der Waals surface area contributed by atoms with E-state index >= 15 is 0 Å². The van der Waals surface area contributed by atoms with E-state index in [-0.39, 0.29) is 11.6 Å². The molecule has 3 aromatic carbocycles. The van der Waals surface area contributed by atoms with Gasteiger partial charge in [0.1, 0.15) is 11.6 Å². The molecule has 0 atom stereocenters. The standard InChI is InChI=1S/C16H10F2/c17-14-7-5-11(6-8-14)13-9-12-3-1-2-4-15(12)16(18)10-13/h1-10H. The number of rotatable bonds is 1. The fraction of sp³-hybridized carbons (Fsp3) is 0. The highest BCUT2D eigenvalue weighted by molar-refractivity contribution is 5.87. The Morgan fingerprint density at radius 3 is 2.17 bits per heavy atom. The average molecular weight is 240 g/mol. The average Bonchev–Trinajstić information content (AvgIpc) is 2.39. The van der Waals surface area contributed by atoms with Crippen LogP contribution in [0, 0.1) is 11.6 Å². The quantitative estimate of drug-likeness (QED) is 0.574. The molecule has 0 saturated carbocycles. The lowest BCUT2D eigenvalue weighted by atomic mass is 10.0. The summed E-state index contributed by atoms with van der Waals surface area (Å²) in [5.41, 5.74) is 1.56. The van der Waals surface area contributed by atoms with Crippen LogP contribution in [0.2, 0.25) is 0 Å². The predicted octanol–water partition coefficient (Wildman–Crippen LogP) is 4.79. The molecule has 18 heavy (non-hydrogen) atoms. The molecule has 0 aliphatic heterocycles. The van der Waals surface area contributed by atoms with Crippen LogP contribution in [-0.4, -0.2) is 0 Å². The highest BCUT2D eigenvalue weighted by Gasteiger charge is 2.05. The first-order valence-electron chi connectivity index (χ1n) is 5.68. The first kappa shape index (κ1) is 10.9. The number of hydrogen-bond donors (Lipinski definition) is 0. The van der Waals surface area contributed by atoms with Gasteiger partial charge in [-0.15, -0.1) is 0 Å². The SMILES string of the molecule is Fc1ccc(-c2cc(F)c3ccccc3c2)cc1. The van der Waals surface area contributed by atoms with E-state index in [9.17, 15) is 8.78 Å². The van der Waals surface area contributed by atoms with Crippen LogP contribution < -0.4 is 0 Å². The van der Waals surface area contributed by atoms with E-state index in [0.29, 0.717) is 5.39 Å². The summed E-state index contributed by atoms with van der Waals surface area (Å²) in [5, 5.41) is 1.44. The van der Waals surface area contributed by atoms with Gasteiger partial charge in [0.05, 0.1) is 0 Å². The molecule has 0 N–H and O–H groups in total. The van der Waals surface area contributed by atoms with Crippen LogP contribution in [0.15, 0.2) is 60.7 Å². The second kappa shape index (κ2) is 4.22. The van der Waals surface area contributed by atoms with Crippen LogP contribution in [0.1, 0.15) is 0 Å². The molecule has 2 heteroatoms. The zero-order valence-corrected chi connectivity index (χ0v) is 9.53. The van der Waals surface area contributed by atoms with Crippen LogP contribution in [0.4, 0.5) is 8.78 Å². The third-order valence-corrected chi connectivity index (χ3v) is 2.99. The third-order valence-electron chi connectivity index (χ3n) is 2.99. The Morgan fingerprint density at radius 2 is 1.39 bits per heavy atom. The fourth-order valence-electron chi connectivity index (χ4n) is 2.07. The lowest BCUT2D eigenvalue weighted by molar-refractivity contribution is 0.628. The zero-order valence-electron chi connectivity index (χ0n) is 9.53. The van der Waals surface area contributed by atoms with E-state index in [1.54, 1.807) is 18.2 Å². The van der Waals surface area contributed by atoms with Crippen LogP contribution in [0.25, 0.3) is 21.9 Å². The molecule has 0 unspecified atom stereocenters. The summed E-state index contributed by atoms with van der Waals surface area (Å²) in [6.07, 6.45) is 0. The Morgan fingerprint density at radius 1 is 0.667 bits per heavy atom. The largest absolute Gasteiger partial charge is 0.207 e. The van der Waals surface area contributed by atoms with E-state index in [1.807, 2.05) is 24.3 Å². The molecule has 0 aliphatic rings. The third kappa shape index (κ3) is 1.86. The predicted molar refractivity (Wildman–Crippen MR) is 69.3 cm³/mol. The second-order valence-corrected chi connectivity index (χ2v) is 4.19. The molecule has 0 spiro atoms. The molecule has 3 rings (SSSR count). The van der Waals surface area contributed by atoms with Gasteiger partial charge < -0.3 is 0 Å². The molecular weight excluding hydrogens is 230 g/mol. The molecule has 0 aliphatic carbocycles. The van der Waals surface area contributed by atoms with Crippen molar-refractivity contribution in [3.63, 3.8) is 0 Å². The van der Waals surface area contributed by atoms with Gasteiger partial charge in [-0.25, -0.2) is 8.78 Å². The minimum atomic E-state index is -0.292. The monoisotopic (exact) mass is 240 g/mol. The maximum Gasteiger partial charge on any atom is 0.131 e. The summed E-state index contributed by atoms with van der Waals surface area (Å²) < 4.78 is 26.8. The van der Waals surface area contributed by atoms with Crippen molar-refractivity contribution in [1.29, 1.82) is 0 Å². The zero-order chi connectivity index (χ0) is 12.5. The molecule has 0 fully saturated rings. The first-order valence-corrected chi connectivity index (χ1v) is 5.68. The van der Waals surface area contributed by atoms with Crippen molar-refractivity contribution in [3.05, 3.63) is 72.3 Å². The van der Waals surface area contributed by atoms with Crippen molar-refractivity contribution in [2.45, 2.75) is 0 Å². The summed E-state index contributed by atoms with van der Waals surface area (Å²) in [6.45, 7) is 0. The van der Waals surface area contributed by atoms with Gasteiger partial charge in [-0.05, 0) is 40.8 Å². The van der Waals surface area contributed by atoms with Crippen molar-refractivity contribution in [2.75, 3.05) is 0 Å². The summed E-state index contributed by atoms with van der Waals surface area (Å²) in [6, 6.07) is 16.7. The van der Waals surface area contributed by atoms with Gasteiger partial charge >= 0.3 is 0 Å². The van der Waals surface area contributed by atoms with E-state index in [2.05, 4.69) is 0 Å². The lowest BCUT2D eigenvalue weighted by Gasteiger charge is -2.05. The summed E-state index contributed by atoms with van der Waals surface area (Å²) >= 11 is 0. The van der Waals surface area contributed by atoms with E-state index in [0.717, 1.165) is 16.5 Å². The summed E-state index contributed by atoms with van der Waals surface area (Å²) in [7, 11) is 0. The molecule has 3 aromatic rings.